The van der Waals surface area contributed by atoms with E-state index in [1.54, 1.807) is 7.11 Å². The summed E-state index contributed by atoms with van der Waals surface area (Å²) >= 11 is 0. The van der Waals surface area contributed by atoms with Crippen LogP contribution in [0.5, 0.6) is 0 Å². The Morgan fingerprint density at radius 1 is 1.24 bits per heavy atom. The molecule has 6 nitrogen and oxygen atoms in total. The third kappa shape index (κ3) is 6.21. The maximum absolute atomic E-state index is 12.7. The number of piperidine rings is 1. The largest absolute Gasteiger partial charge is 0.383 e. The zero-order valence-corrected chi connectivity index (χ0v) is 18.0. The number of nitrogens with one attached hydrogen (secondary N) is 3. The van der Waals surface area contributed by atoms with E-state index in [0.29, 0.717) is 11.6 Å². The molecule has 29 heavy (non-hydrogen) atoms. The summed E-state index contributed by atoms with van der Waals surface area (Å²) < 4.78 is 5.10. The Hall–Kier alpha value is -2.05. The number of carbonyl (C=O) groups is 1. The maximum atomic E-state index is 12.7. The minimum Gasteiger partial charge on any atom is -0.383 e. The monoisotopic (exact) mass is 404 g/mol. The van der Waals surface area contributed by atoms with Crippen molar-refractivity contribution in [1.82, 2.24) is 20.9 Å². The number of amides is 1. The van der Waals surface area contributed by atoms with Gasteiger partial charge in [0.1, 0.15) is 6.04 Å². The summed E-state index contributed by atoms with van der Waals surface area (Å²) in [5.74, 6) is -0.0736. The Morgan fingerprint density at radius 2 is 2.00 bits per heavy atom. The number of nitrogens with zero attached hydrogens (tertiary/aromatic N) is 1. The van der Waals surface area contributed by atoms with Crippen LogP contribution in [0.15, 0.2) is 47.3 Å². The van der Waals surface area contributed by atoms with Crippen LogP contribution in [-0.2, 0) is 9.53 Å². The van der Waals surface area contributed by atoms with Crippen LogP contribution in [0.1, 0.15) is 37.9 Å². The summed E-state index contributed by atoms with van der Waals surface area (Å²) in [6.45, 7) is 9.95. The molecule has 1 aliphatic heterocycles. The number of ether oxygens (including phenoxy) is 1. The van der Waals surface area contributed by atoms with Gasteiger partial charge in [0.2, 0.25) is 5.91 Å². The summed E-state index contributed by atoms with van der Waals surface area (Å²) in [7, 11) is 1.73. The van der Waals surface area contributed by atoms with E-state index in [4.69, 9.17) is 4.74 Å². The van der Waals surface area contributed by atoms with Crippen molar-refractivity contribution in [2.45, 2.75) is 45.2 Å². The number of carbonyl (C=O) groups excluding carboxylic acids is 1. The maximum Gasteiger partial charge on any atom is 0.249 e. The van der Waals surface area contributed by atoms with Gasteiger partial charge in [-0.1, -0.05) is 18.2 Å². The summed E-state index contributed by atoms with van der Waals surface area (Å²) in [4.78, 5) is 15.1. The lowest BCUT2D eigenvalue weighted by Gasteiger charge is -2.35. The average molecular weight is 405 g/mol. The first kappa shape index (κ1) is 21.7. The molecule has 0 unspecified atom stereocenters. The van der Waals surface area contributed by atoms with E-state index >= 15 is 0 Å². The van der Waals surface area contributed by atoms with Gasteiger partial charge in [-0.15, -0.1) is 0 Å². The molecule has 3 N–H and O–H groups in total. The van der Waals surface area contributed by atoms with Crippen LogP contribution in [0, 0.1) is 12.5 Å². The molecule has 0 aromatic carbocycles. The molecule has 6 heteroatoms. The van der Waals surface area contributed by atoms with Crippen LogP contribution in [0.2, 0.25) is 0 Å². The molecule has 0 aromatic heterocycles. The normalized spacial score (nSPS) is 20.6. The fourth-order valence-corrected chi connectivity index (χ4v) is 3.71. The molecule has 1 amide bonds. The standard InChI is InChI=1S/C23H34N4O2.3H2/c1-23(2,3)26-21-7-5-6-20(21)25-22(28)17-8-9-19(16-17)27-13-10-18(11-14-27)24-12-15-29-4;;;/h5-9,16,18,24,26H,10-15H2,1-4H3,(H,25,28);3*1H. The fraction of sp³-hybridized carbons (Fsp3) is 0.522. The molecule has 0 atom stereocenters. The highest BCUT2D eigenvalue weighted by molar-refractivity contribution is 5.99. The van der Waals surface area contributed by atoms with Gasteiger partial charge in [0, 0.05) is 66.0 Å². The van der Waals surface area contributed by atoms with E-state index < -0.39 is 0 Å². The molecule has 1 saturated heterocycles. The zero-order valence-electron chi connectivity index (χ0n) is 18.0. The van der Waals surface area contributed by atoms with Crippen LogP contribution >= 0.6 is 0 Å². The molecule has 1 heterocycles. The fourth-order valence-electron chi connectivity index (χ4n) is 3.71. The summed E-state index contributed by atoms with van der Waals surface area (Å²) in [6, 6.07) is 1.36. The summed E-state index contributed by atoms with van der Waals surface area (Å²) in [5.41, 5.74) is 2.70. The molecule has 2 radical (unpaired) electrons. The van der Waals surface area contributed by atoms with Gasteiger partial charge in [-0.05, 0) is 45.8 Å². The molecular formula is C23H40N4O2. The number of rotatable bonds is 8. The van der Waals surface area contributed by atoms with Crippen LogP contribution in [0.25, 0.3) is 0 Å². The SMILES string of the molecule is COCCNC1CCN(C2=CC=C(C(=O)N[C]3C=CC=C3NC(C)(C)C)[CH]2)CC1.[HH].[HH].[HH]. The molecule has 3 aliphatic rings. The van der Waals surface area contributed by atoms with E-state index in [2.05, 4.69) is 41.6 Å². The third-order valence-corrected chi connectivity index (χ3v) is 5.17. The number of hydrogen-bond acceptors (Lipinski definition) is 5. The Labute approximate surface area is 179 Å². The highest BCUT2D eigenvalue weighted by Crippen LogP contribution is 2.26. The highest BCUT2D eigenvalue weighted by Gasteiger charge is 2.27. The lowest BCUT2D eigenvalue weighted by Crippen LogP contribution is -2.43. The van der Waals surface area contributed by atoms with E-state index in [1.807, 2.05) is 36.8 Å². The van der Waals surface area contributed by atoms with Crippen molar-refractivity contribution in [3.63, 3.8) is 0 Å². The first-order chi connectivity index (χ1) is 13.9. The third-order valence-electron chi connectivity index (χ3n) is 5.17. The summed E-state index contributed by atoms with van der Waals surface area (Å²) in [5, 5.41) is 10.0. The van der Waals surface area contributed by atoms with Crippen molar-refractivity contribution in [1.29, 1.82) is 0 Å². The minimum absolute atomic E-state index is 0. The van der Waals surface area contributed by atoms with Gasteiger partial charge in [0.25, 0.3) is 0 Å². The van der Waals surface area contributed by atoms with Crippen LogP contribution in [-0.4, -0.2) is 55.7 Å². The topological polar surface area (TPSA) is 65.6 Å². The molecule has 0 spiro atoms. The molecule has 0 aromatic rings. The predicted molar refractivity (Wildman–Crippen MR) is 123 cm³/mol. The van der Waals surface area contributed by atoms with Gasteiger partial charge in [-0.25, -0.2) is 0 Å². The number of methoxy groups -OCH3 is 1. The second kappa shape index (κ2) is 9.63. The Balaban J connectivity index is 0.00000320. The molecular weight excluding hydrogens is 364 g/mol. The van der Waals surface area contributed by atoms with Gasteiger partial charge in [-0.3, -0.25) is 4.79 Å². The highest BCUT2D eigenvalue weighted by atomic mass is 16.5. The van der Waals surface area contributed by atoms with E-state index in [9.17, 15) is 4.79 Å². The molecule has 164 valence electrons. The smallest absolute Gasteiger partial charge is 0.249 e. The van der Waals surface area contributed by atoms with Gasteiger partial charge in [0.15, 0.2) is 0 Å². The molecule has 1 fully saturated rings. The van der Waals surface area contributed by atoms with Crippen molar-refractivity contribution in [2.24, 2.45) is 0 Å². The number of likely N-dealkylation sites (tertiary alicyclic amines) is 1. The van der Waals surface area contributed by atoms with Crippen LogP contribution in [0.4, 0.5) is 0 Å². The van der Waals surface area contributed by atoms with Gasteiger partial charge >= 0.3 is 0 Å². The van der Waals surface area contributed by atoms with Gasteiger partial charge in [0.05, 0.1) is 6.61 Å². The number of allylic oxidation sites excluding steroid dienone is 5. The van der Waals surface area contributed by atoms with Gasteiger partial charge in [-0.2, -0.15) is 0 Å². The first-order valence-corrected chi connectivity index (χ1v) is 10.4. The van der Waals surface area contributed by atoms with E-state index in [-0.39, 0.29) is 15.7 Å². The minimum atomic E-state index is -0.0736. The van der Waals surface area contributed by atoms with E-state index in [0.717, 1.165) is 56.5 Å². The molecule has 0 bridgehead atoms. The molecule has 0 saturated carbocycles. The number of hydrogen-bond donors (Lipinski definition) is 3. The Morgan fingerprint density at radius 3 is 2.69 bits per heavy atom. The first-order valence-electron chi connectivity index (χ1n) is 10.4. The molecule has 2 aliphatic carbocycles. The lowest BCUT2D eigenvalue weighted by atomic mass is 10.0. The average Bonchev–Trinajstić information content (AvgIpc) is 3.31. The summed E-state index contributed by atoms with van der Waals surface area (Å²) in [6.07, 6.45) is 14.0. The van der Waals surface area contributed by atoms with Crippen LogP contribution < -0.4 is 16.0 Å². The van der Waals surface area contributed by atoms with Crippen molar-refractivity contribution >= 4 is 5.91 Å². The lowest BCUT2D eigenvalue weighted by molar-refractivity contribution is -0.116. The quantitative estimate of drug-likeness (QED) is 0.543. The van der Waals surface area contributed by atoms with Crippen molar-refractivity contribution in [2.75, 3.05) is 33.4 Å². The van der Waals surface area contributed by atoms with Gasteiger partial charge < -0.3 is 25.6 Å². The van der Waals surface area contributed by atoms with Crippen molar-refractivity contribution in [3.05, 3.63) is 59.8 Å². The predicted octanol–water partition coefficient (Wildman–Crippen LogP) is 2.94. The second-order valence-corrected chi connectivity index (χ2v) is 8.75. The van der Waals surface area contributed by atoms with Crippen molar-refractivity contribution in [3.8, 4) is 0 Å². The Bertz CT molecular complexity index is 721. The molecule has 3 rings (SSSR count). The zero-order chi connectivity index (χ0) is 20.9. The van der Waals surface area contributed by atoms with Crippen LogP contribution in [0.3, 0.4) is 0 Å². The van der Waals surface area contributed by atoms with E-state index in [1.165, 1.54) is 0 Å². The second-order valence-electron chi connectivity index (χ2n) is 8.75. The van der Waals surface area contributed by atoms with Crippen molar-refractivity contribution < 1.29 is 13.8 Å². The Kier molecular flexibility index (Phi) is 7.19.